The Morgan fingerprint density at radius 2 is 1.06 bits per heavy atom. The summed E-state index contributed by atoms with van der Waals surface area (Å²) in [7, 11) is 0. The van der Waals surface area contributed by atoms with Gasteiger partial charge in [-0.25, -0.2) is 15.0 Å². The number of aromatic nitrogens is 5. The van der Waals surface area contributed by atoms with Gasteiger partial charge in [0.15, 0.2) is 17.5 Å². The molecule has 2 aliphatic rings. The third-order valence-electron chi connectivity index (χ3n) is 13.6. The quantitative estimate of drug-likeness (QED) is 0.174. The van der Waals surface area contributed by atoms with Gasteiger partial charge in [0.25, 0.3) is 0 Å². The number of benzene rings is 8. The summed E-state index contributed by atoms with van der Waals surface area (Å²) in [5, 5.41) is 11.1. The molecule has 0 fully saturated rings. The number of hydrogen-bond acceptors (Lipinski definition) is 3. The van der Waals surface area contributed by atoms with Crippen LogP contribution < -0.4 is 0 Å². The van der Waals surface area contributed by atoms with Crippen LogP contribution in [0.15, 0.2) is 182 Å². The first-order valence-electron chi connectivity index (χ1n) is 22.5. The smallest absolute Gasteiger partial charge is 0.164 e. The first-order chi connectivity index (χ1) is 31.5. The van der Waals surface area contributed by atoms with E-state index in [9.17, 15) is 0 Å². The van der Waals surface area contributed by atoms with Crippen molar-refractivity contribution in [3.63, 3.8) is 0 Å². The molecule has 2 aliphatic carbocycles. The fourth-order valence-corrected chi connectivity index (χ4v) is 10.4. The Morgan fingerprint density at radius 1 is 0.438 bits per heavy atom. The van der Waals surface area contributed by atoms with Crippen LogP contribution in [0.25, 0.3) is 111 Å². The molecule has 5 heteroatoms. The number of fused-ring (bicyclic) bond motifs is 9. The van der Waals surface area contributed by atoms with Crippen LogP contribution in [0.2, 0.25) is 0 Å². The summed E-state index contributed by atoms with van der Waals surface area (Å²) in [4.78, 5) is 15.2. The topological polar surface area (TPSA) is 48.5 Å². The third-order valence-corrected chi connectivity index (χ3v) is 13.6. The predicted octanol–water partition coefficient (Wildman–Crippen LogP) is 14.9. The highest BCUT2D eigenvalue weighted by molar-refractivity contribution is 6.18. The second-order valence-corrected chi connectivity index (χ2v) is 17.8. The molecule has 3 aromatic heterocycles. The Bertz CT molecular complexity index is 3820. The largest absolute Gasteiger partial charge is 0.309 e. The molecule has 3 heterocycles. The summed E-state index contributed by atoms with van der Waals surface area (Å²) in [5.41, 5.74) is 11.6. The summed E-state index contributed by atoms with van der Waals surface area (Å²) < 4.78 is 5.03. The van der Waals surface area contributed by atoms with Crippen LogP contribution in [0.3, 0.4) is 0 Å². The van der Waals surface area contributed by atoms with E-state index in [2.05, 4.69) is 193 Å². The third kappa shape index (κ3) is 5.81. The molecule has 0 aliphatic heterocycles. The van der Waals surface area contributed by atoms with Crippen LogP contribution in [0.4, 0.5) is 0 Å². The Labute approximate surface area is 371 Å². The lowest BCUT2D eigenvalue weighted by atomic mass is 9.93. The van der Waals surface area contributed by atoms with Crippen molar-refractivity contribution in [2.24, 2.45) is 11.8 Å². The monoisotopic (exact) mass is 821 g/mol. The zero-order valence-electron chi connectivity index (χ0n) is 35.7. The molecule has 2 unspecified atom stereocenters. The fraction of sp³-hybridized carbons (Fsp3) is 0.102. The molecule has 0 spiro atoms. The second-order valence-electron chi connectivity index (χ2n) is 17.8. The van der Waals surface area contributed by atoms with Crippen LogP contribution in [-0.2, 0) is 6.42 Å². The van der Waals surface area contributed by atoms with Gasteiger partial charge in [-0.1, -0.05) is 153 Å². The minimum Gasteiger partial charge on any atom is -0.309 e. The molecule has 64 heavy (non-hydrogen) atoms. The lowest BCUT2D eigenvalue weighted by Gasteiger charge is -2.17. The molecule has 0 amide bonds. The molecule has 5 nitrogen and oxygen atoms in total. The van der Waals surface area contributed by atoms with Gasteiger partial charge in [-0.05, 0) is 100 Å². The Morgan fingerprint density at radius 3 is 1.88 bits per heavy atom. The van der Waals surface area contributed by atoms with Crippen LogP contribution in [-0.4, -0.2) is 24.1 Å². The van der Waals surface area contributed by atoms with Crippen LogP contribution >= 0.6 is 0 Å². The Hall–Kier alpha value is -7.89. The molecule has 2 atom stereocenters. The molecule has 0 saturated heterocycles. The van der Waals surface area contributed by atoms with E-state index in [0.29, 0.717) is 29.3 Å². The second kappa shape index (κ2) is 14.3. The maximum atomic E-state index is 5.12. The van der Waals surface area contributed by atoms with Crippen LogP contribution in [0, 0.1) is 11.8 Å². The van der Waals surface area contributed by atoms with Gasteiger partial charge in [0, 0.05) is 49.3 Å². The van der Waals surface area contributed by atoms with Crippen molar-refractivity contribution in [3.05, 3.63) is 199 Å². The van der Waals surface area contributed by atoms with Gasteiger partial charge >= 0.3 is 0 Å². The SMILES string of the molecule is CC1C=CC(c2nc(-c3ccccc3)nc(-c3ccc4c(-n5c6c(c7cc8c9cc%10ccccc%10cc9n(-c9cccc%10ccccc9%10)c8cc75)CC(C)C=C6)cccc4c3)n2)=CC1. The van der Waals surface area contributed by atoms with E-state index < -0.39 is 0 Å². The standard InChI is InChI=1S/C59H43N5/c1-36-22-25-40(26-23-36)58-60-57(39-13-4-3-5-14-39)61-59(62-58)44-27-28-46-43(31-44)18-11-21-52(46)63-53-29-24-37(2)30-47(53)49-34-50-48-32-41-15-6-7-16-42(41)33-54(48)64(56(50)35-55(49)63)51-20-10-17-38-12-8-9-19-45(38)51/h3-22,24-29,31-37H,23,30H2,1-2H3. The van der Waals surface area contributed by atoms with Gasteiger partial charge < -0.3 is 9.13 Å². The van der Waals surface area contributed by atoms with E-state index in [0.717, 1.165) is 40.6 Å². The minimum absolute atomic E-state index is 0.438. The number of hydrogen-bond donors (Lipinski definition) is 0. The van der Waals surface area contributed by atoms with Crippen molar-refractivity contribution in [1.82, 2.24) is 24.1 Å². The molecule has 13 rings (SSSR count). The number of nitrogens with zero attached hydrogens (tertiary/aromatic N) is 5. The first kappa shape index (κ1) is 36.7. The normalized spacial score (nSPS) is 16.1. The predicted molar refractivity (Wildman–Crippen MR) is 267 cm³/mol. The summed E-state index contributed by atoms with van der Waals surface area (Å²) in [6, 6.07) is 57.5. The summed E-state index contributed by atoms with van der Waals surface area (Å²) in [6.45, 7) is 4.56. The maximum Gasteiger partial charge on any atom is 0.164 e. The van der Waals surface area contributed by atoms with Gasteiger partial charge in [-0.15, -0.1) is 0 Å². The van der Waals surface area contributed by atoms with Gasteiger partial charge in [0.1, 0.15) is 0 Å². The summed E-state index contributed by atoms with van der Waals surface area (Å²) in [5.74, 6) is 2.98. The van der Waals surface area contributed by atoms with E-state index in [1.165, 1.54) is 76.6 Å². The first-order valence-corrected chi connectivity index (χ1v) is 22.5. The van der Waals surface area contributed by atoms with Gasteiger partial charge in [-0.3, -0.25) is 0 Å². The zero-order chi connectivity index (χ0) is 42.5. The van der Waals surface area contributed by atoms with E-state index in [1.54, 1.807) is 0 Å². The lowest BCUT2D eigenvalue weighted by molar-refractivity contribution is 0.718. The van der Waals surface area contributed by atoms with Crippen LogP contribution in [0.1, 0.15) is 37.4 Å². The molecule has 304 valence electrons. The summed E-state index contributed by atoms with van der Waals surface area (Å²) >= 11 is 0. The lowest BCUT2D eigenvalue weighted by Crippen LogP contribution is -2.06. The van der Waals surface area contributed by atoms with Crippen molar-refractivity contribution < 1.29 is 0 Å². The molecule has 0 radical (unpaired) electrons. The zero-order valence-corrected chi connectivity index (χ0v) is 35.7. The number of rotatable bonds is 5. The fourth-order valence-electron chi connectivity index (χ4n) is 10.4. The van der Waals surface area contributed by atoms with E-state index in [-0.39, 0.29) is 0 Å². The van der Waals surface area contributed by atoms with Crippen molar-refractivity contribution in [2.75, 3.05) is 0 Å². The molecule has 0 N–H and O–H groups in total. The highest BCUT2D eigenvalue weighted by atomic mass is 15.0. The summed E-state index contributed by atoms with van der Waals surface area (Å²) in [6.07, 6.45) is 13.3. The highest BCUT2D eigenvalue weighted by Gasteiger charge is 2.25. The Kier molecular flexibility index (Phi) is 8.23. The van der Waals surface area contributed by atoms with Crippen molar-refractivity contribution in [3.8, 4) is 34.2 Å². The molecule has 8 aromatic carbocycles. The minimum atomic E-state index is 0.438. The van der Waals surface area contributed by atoms with E-state index in [1.807, 2.05) is 18.2 Å². The van der Waals surface area contributed by atoms with Gasteiger partial charge in [-0.2, -0.15) is 0 Å². The number of allylic oxidation sites excluding steroid dienone is 5. The van der Waals surface area contributed by atoms with Crippen molar-refractivity contribution >= 4 is 76.7 Å². The maximum absolute atomic E-state index is 5.12. The van der Waals surface area contributed by atoms with Crippen molar-refractivity contribution in [1.29, 1.82) is 0 Å². The van der Waals surface area contributed by atoms with Gasteiger partial charge in [0.05, 0.1) is 27.9 Å². The van der Waals surface area contributed by atoms with Gasteiger partial charge in [0.2, 0.25) is 0 Å². The molecule has 0 bridgehead atoms. The van der Waals surface area contributed by atoms with E-state index in [4.69, 9.17) is 15.0 Å². The average molecular weight is 822 g/mol. The molecular weight excluding hydrogens is 779 g/mol. The Balaban J connectivity index is 1.05. The van der Waals surface area contributed by atoms with E-state index >= 15 is 0 Å². The average Bonchev–Trinajstić information content (AvgIpc) is 3.82. The molecule has 0 saturated carbocycles. The van der Waals surface area contributed by atoms with Crippen molar-refractivity contribution in [2.45, 2.75) is 26.7 Å². The van der Waals surface area contributed by atoms with Crippen LogP contribution in [0.5, 0.6) is 0 Å². The highest BCUT2D eigenvalue weighted by Crippen LogP contribution is 2.44. The molecular formula is C59H43N5. The molecule has 11 aromatic rings.